The summed E-state index contributed by atoms with van der Waals surface area (Å²) in [6, 6.07) is 7.12. The van der Waals surface area contributed by atoms with Gasteiger partial charge in [-0.15, -0.1) is 0 Å². The molecule has 0 aliphatic carbocycles. The molecule has 3 heterocycles. The van der Waals surface area contributed by atoms with E-state index in [1.54, 1.807) is 12.1 Å². The number of hydrogen-bond acceptors (Lipinski definition) is 14. The van der Waals surface area contributed by atoms with Crippen LogP contribution < -0.4 is 10.2 Å². The van der Waals surface area contributed by atoms with Crippen LogP contribution in [0.3, 0.4) is 0 Å². The average molecular weight is 567 g/mol. The van der Waals surface area contributed by atoms with Gasteiger partial charge in [0.25, 0.3) is 0 Å². The van der Waals surface area contributed by atoms with Crippen LogP contribution in [-0.4, -0.2) is 105 Å². The summed E-state index contributed by atoms with van der Waals surface area (Å²) in [7, 11) is 0. The first kappa shape index (κ1) is 29.6. The molecule has 0 spiro atoms. The van der Waals surface area contributed by atoms with Crippen LogP contribution in [0.4, 0.5) is 0 Å². The highest BCUT2D eigenvalue weighted by atomic mass is 16.7. The summed E-state index contributed by atoms with van der Waals surface area (Å²) in [5, 5.41) is 61.5. The van der Waals surface area contributed by atoms with Crippen molar-refractivity contribution in [2.45, 2.75) is 55.6 Å². The molecule has 0 bridgehead atoms. The molecular weight excluding hydrogens is 536 g/mol. The number of benzene rings is 1. The van der Waals surface area contributed by atoms with E-state index >= 15 is 0 Å². The van der Waals surface area contributed by atoms with Gasteiger partial charge in [-0.1, -0.05) is 12.1 Å². The fourth-order valence-corrected chi connectivity index (χ4v) is 4.02. The number of aryl methyl sites for hydroxylation is 1. The minimum Gasteiger partial charge on any atom is -0.508 e. The Bertz CT molecular complexity index is 1240. The van der Waals surface area contributed by atoms with Crippen LogP contribution in [0.25, 0.3) is 6.08 Å². The van der Waals surface area contributed by atoms with E-state index in [9.17, 15) is 40.2 Å². The number of esters is 1. The maximum absolute atomic E-state index is 12.1. The first-order chi connectivity index (χ1) is 19.0. The molecular formula is C26H30O14. The van der Waals surface area contributed by atoms with E-state index in [4.69, 9.17) is 28.1 Å². The maximum atomic E-state index is 12.1. The van der Waals surface area contributed by atoms with Gasteiger partial charge in [0, 0.05) is 12.1 Å². The lowest BCUT2D eigenvalue weighted by Crippen LogP contribution is -2.60. The van der Waals surface area contributed by atoms with Crippen LogP contribution in [0, 0.1) is 6.92 Å². The van der Waals surface area contributed by atoms with E-state index in [0.29, 0.717) is 5.56 Å². The van der Waals surface area contributed by atoms with Gasteiger partial charge < -0.3 is 58.7 Å². The number of carbonyl (C=O) groups is 1. The summed E-state index contributed by atoms with van der Waals surface area (Å²) in [5.74, 6) is -0.910. The SMILES string of the molecule is Cc1occc(=O)c1OC1OC(COC2OCC(O)(COC(=O)C=Cc3ccc(O)cc3)C2O)C(O)C(O)C1O. The van der Waals surface area contributed by atoms with E-state index in [1.165, 1.54) is 25.1 Å². The molecule has 2 saturated heterocycles. The van der Waals surface area contributed by atoms with Crippen molar-refractivity contribution in [1.29, 1.82) is 0 Å². The zero-order valence-corrected chi connectivity index (χ0v) is 21.2. The van der Waals surface area contributed by atoms with Crippen molar-refractivity contribution in [2.24, 2.45) is 0 Å². The Morgan fingerprint density at radius 1 is 1.07 bits per heavy atom. The highest BCUT2D eigenvalue weighted by Gasteiger charge is 2.51. The topological polar surface area (TPSA) is 215 Å². The molecule has 40 heavy (non-hydrogen) atoms. The van der Waals surface area contributed by atoms with Gasteiger partial charge in [-0.05, 0) is 30.7 Å². The second kappa shape index (κ2) is 12.4. The Morgan fingerprint density at radius 3 is 2.50 bits per heavy atom. The minimum absolute atomic E-state index is 0.0665. The fourth-order valence-electron chi connectivity index (χ4n) is 4.02. The van der Waals surface area contributed by atoms with Crippen LogP contribution in [0.15, 0.2) is 51.9 Å². The molecule has 2 aliphatic heterocycles. The lowest BCUT2D eigenvalue weighted by molar-refractivity contribution is -0.289. The lowest BCUT2D eigenvalue weighted by Gasteiger charge is -2.40. The summed E-state index contributed by atoms with van der Waals surface area (Å²) < 4.78 is 31.8. The molecule has 2 fully saturated rings. The molecule has 1 aromatic carbocycles. The average Bonchev–Trinajstić information content (AvgIpc) is 3.22. The molecule has 4 rings (SSSR count). The van der Waals surface area contributed by atoms with Crippen molar-refractivity contribution in [3.05, 3.63) is 64.2 Å². The molecule has 8 unspecified atom stereocenters. The van der Waals surface area contributed by atoms with E-state index in [1.807, 2.05) is 0 Å². The van der Waals surface area contributed by atoms with Crippen LogP contribution in [0.2, 0.25) is 0 Å². The largest absolute Gasteiger partial charge is 0.508 e. The van der Waals surface area contributed by atoms with Gasteiger partial charge in [0.1, 0.15) is 48.6 Å². The van der Waals surface area contributed by atoms with E-state index in [-0.39, 0.29) is 17.3 Å². The smallest absolute Gasteiger partial charge is 0.330 e. The van der Waals surface area contributed by atoms with Gasteiger partial charge >= 0.3 is 5.97 Å². The Hall–Kier alpha value is -3.34. The molecule has 14 nitrogen and oxygen atoms in total. The first-order valence-electron chi connectivity index (χ1n) is 12.2. The summed E-state index contributed by atoms with van der Waals surface area (Å²) in [6.07, 6.45) is -7.45. The van der Waals surface area contributed by atoms with Crippen LogP contribution in [0.1, 0.15) is 11.3 Å². The molecule has 218 valence electrons. The number of phenolic OH excluding ortho intramolecular Hbond substituents is 1. The van der Waals surface area contributed by atoms with Gasteiger partial charge in [-0.2, -0.15) is 0 Å². The highest BCUT2D eigenvalue weighted by Crippen LogP contribution is 2.29. The van der Waals surface area contributed by atoms with Gasteiger partial charge in [0.2, 0.25) is 17.5 Å². The quantitative estimate of drug-likeness (QED) is 0.152. The summed E-state index contributed by atoms with van der Waals surface area (Å²) in [4.78, 5) is 24.1. The zero-order chi connectivity index (χ0) is 29.0. The Balaban J connectivity index is 1.31. The Morgan fingerprint density at radius 2 is 1.80 bits per heavy atom. The van der Waals surface area contributed by atoms with Crippen molar-refractivity contribution in [1.82, 2.24) is 0 Å². The lowest BCUT2D eigenvalue weighted by atomic mass is 9.99. The number of phenols is 1. The predicted molar refractivity (Wildman–Crippen MR) is 132 cm³/mol. The fraction of sp³-hybridized carbons (Fsp3) is 0.462. The van der Waals surface area contributed by atoms with Crippen molar-refractivity contribution >= 4 is 12.0 Å². The number of aromatic hydroxyl groups is 1. The summed E-state index contributed by atoms with van der Waals surface area (Å²) in [5.41, 5.74) is -1.96. The van der Waals surface area contributed by atoms with Crippen molar-refractivity contribution in [3.63, 3.8) is 0 Å². The first-order valence-corrected chi connectivity index (χ1v) is 12.2. The Labute approximate surface area is 227 Å². The van der Waals surface area contributed by atoms with Crippen molar-refractivity contribution in [3.8, 4) is 11.5 Å². The number of rotatable bonds is 9. The number of aliphatic hydroxyl groups is 5. The number of aliphatic hydroxyl groups excluding tert-OH is 4. The van der Waals surface area contributed by atoms with Crippen molar-refractivity contribution < 1.29 is 63.5 Å². The van der Waals surface area contributed by atoms with Gasteiger partial charge in [0.05, 0.1) is 19.5 Å². The molecule has 1 aromatic heterocycles. The van der Waals surface area contributed by atoms with Crippen LogP contribution in [-0.2, 0) is 23.7 Å². The second-order valence-electron chi connectivity index (χ2n) is 9.40. The molecule has 6 N–H and O–H groups in total. The van der Waals surface area contributed by atoms with Crippen LogP contribution in [0.5, 0.6) is 11.5 Å². The van der Waals surface area contributed by atoms with Gasteiger partial charge in [0.15, 0.2) is 11.9 Å². The molecule has 8 atom stereocenters. The van der Waals surface area contributed by atoms with E-state index in [0.717, 1.165) is 18.4 Å². The molecule has 14 heteroatoms. The van der Waals surface area contributed by atoms with E-state index in [2.05, 4.69) is 0 Å². The van der Waals surface area contributed by atoms with Crippen molar-refractivity contribution in [2.75, 3.05) is 19.8 Å². The maximum Gasteiger partial charge on any atom is 0.330 e. The molecule has 0 amide bonds. The normalized spacial score (nSPS) is 32.3. The molecule has 2 aromatic rings. The second-order valence-corrected chi connectivity index (χ2v) is 9.40. The highest BCUT2D eigenvalue weighted by molar-refractivity contribution is 5.87. The summed E-state index contributed by atoms with van der Waals surface area (Å²) >= 11 is 0. The molecule has 2 aliphatic rings. The number of carbonyl (C=O) groups excluding carboxylic acids is 1. The number of hydrogen-bond donors (Lipinski definition) is 6. The molecule has 0 saturated carbocycles. The third-order valence-electron chi connectivity index (χ3n) is 6.41. The third-order valence-corrected chi connectivity index (χ3v) is 6.41. The van der Waals surface area contributed by atoms with Crippen LogP contribution >= 0.6 is 0 Å². The third kappa shape index (κ3) is 6.68. The van der Waals surface area contributed by atoms with Gasteiger partial charge in [-0.3, -0.25) is 4.79 Å². The standard InChI is InChI=1S/C26H30O14/c1-13-22(16(28)8-9-35-13)40-24-21(32)20(31)19(30)17(39-24)10-36-25-23(33)26(34,12-38-25)11-37-18(29)7-4-14-2-5-15(27)6-3-14/h2-9,17,19-21,23-25,27,30-34H,10-12H2,1H3. The predicted octanol–water partition coefficient (Wildman–Crippen LogP) is -1.44. The summed E-state index contributed by atoms with van der Waals surface area (Å²) in [6.45, 7) is -0.144. The molecule has 0 radical (unpaired) electrons. The number of ether oxygens (including phenoxy) is 5. The Kier molecular flexibility index (Phi) is 9.22. The minimum atomic E-state index is -2.01. The zero-order valence-electron chi connectivity index (χ0n) is 21.2. The van der Waals surface area contributed by atoms with E-state index < -0.39 is 79.9 Å². The monoisotopic (exact) mass is 566 g/mol. The van der Waals surface area contributed by atoms with Gasteiger partial charge in [-0.25, -0.2) is 4.79 Å².